The number of alkyl halides is 3. The molecule has 3 heteroatoms. The van der Waals surface area contributed by atoms with Crippen molar-refractivity contribution in [3.63, 3.8) is 0 Å². The number of unbranched alkanes of at least 4 members (excludes halogenated alkanes) is 6. The smallest absolute Gasteiger partial charge is 0.171 e. The van der Waals surface area contributed by atoms with Gasteiger partial charge in [-0.2, -0.15) is 13.2 Å². The standard InChI is InChI=1S/C12H20F3/c1-2-3-4-5-6-7-8-9-10-11-12(13,14)15/h9-10H,1-8,11H2. The zero-order valence-electron chi connectivity index (χ0n) is 9.15. The highest BCUT2D eigenvalue weighted by atomic mass is 19.4. The van der Waals surface area contributed by atoms with E-state index in [2.05, 4.69) is 6.92 Å². The Kier molecular flexibility index (Phi) is 8.53. The first-order chi connectivity index (χ1) is 7.06. The number of halogens is 3. The van der Waals surface area contributed by atoms with Crippen LogP contribution in [-0.2, 0) is 0 Å². The van der Waals surface area contributed by atoms with E-state index in [0.717, 1.165) is 32.1 Å². The van der Waals surface area contributed by atoms with Crippen molar-refractivity contribution < 1.29 is 13.2 Å². The fourth-order valence-electron chi connectivity index (χ4n) is 1.30. The zero-order valence-corrected chi connectivity index (χ0v) is 9.15. The van der Waals surface area contributed by atoms with Gasteiger partial charge in [0.2, 0.25) is 0 Å². The SMILES string of the molecule is [CH2]CCCCCCCC=CCC(F)(F)F. The Morgan fingerprint density at radius 2 is 1.47 bits per heavy atom. The summed E-state index contributed by atoms with van der Waals surface area (Å²) in [5.41, 5.74) is 0. The summed E-state index contributed by atoms with van der Waals surface area (Å²) in [5.74, 6) is 0. The van der Waals surface area contributed by atoms with Crippen molar-refractivity contribution in [3.05, 3.63) is 19.1 Å². The van der Waals surface area contributed by atoms with E-state index in [4.69, 9.17) is 0 Å². The first-order valence-corrected chi connectivity index (χ1v) is 5.57. The van der Waals surface area contributed by atoms with E-state index in [-0.39, 0.29) is 0 Å². The number of rotatable bonds is 8. The Morgan fingerprint density at radius 3 is 2.07 bits per heavy atom. The van der Waals surface area contributed by atoms with E-state index >= 15 is 0 Å². The summed E-state index contributed by atoms with van der Waals surface area (Å²) in [6, 6.07) is 0. The van der Waals surface area contributed by atoms with Crippen molar-refractivity contribution in [2.24, 2.45) is 0 Å². The normalized spacial score (nSPS) is 12.5. The molecule has 15 heavy (non-hydrogen) atoms. The zero-order chi connectivity index (χ0) is 11.6. The molecular formula is C12H20F3. The van der Waals surface area contributed by atoms with Crippen LogP contribution in [0.15, 0.2) is 12.2 Å². The fourth-order valence-corrected chi connectivity index (χ4v) is 1.30. The van der Waals surface area contributed by atoms with Gasteiger partial charge in [0.1, 0.15) is 0 Å². The van der Waals surface area contributed by atoms with Crippen LogP contribution in [0.2, 0.25) is 0 Å². The van der Waals surface area contributed by atoms with E-state index < -0.39 is 12.6 Å². The molecule has 0 saturated carbocycles. The molecule has 0 rings (SSSR count). The molecule has 0 atom stereocenters. The molecule has 0 saturated heterocycles. The Morgan fingerprint density at radius 1 is 0.867 bits per heavy atom. The van der Waals surface area contributed by atoms with Gasteiger partial charge < -0.3 is 0 Å². The molecule has 0 spiro atoms. The molecule has 0 amide bonds. The van der Waals surface area contributed by atoms with Crippen LogP contribution in [0.25, 0.3) is 0 Å². The third-order valence-corrected chi connectivity index (χ3v) is 2.14. The number of hydrogen-bond acceptors (Lipinski definition) is 0. The molecule has 0 aliphatic rings. The van der Waals surface area contributed by atoms with Crippen molar-refractivity contribution in [2.75, 3.05) is 0 Å². The third kappa shape index (κ3) is 13.5. The molecule has 0 aliphatic carbocycles. The molecular weight excluding hydrogens is 201 g/mol. The summed E-state index contributed by atoms with van der Waals surface area (Å²) in [6.07, 6.45) is 5.36. The maximum Gasteiger partial charge on any atom is 0.392 e. The minimum absolute atomic E-state index is 0.764. The summed E-state index contributed by atoms with van der Waals surface area (Å²) in [6.45, 7) is 3.75. The van der Waals surface area contributed by atoms with E-state index in [1.165, 1.54) is 18.9 Å². The highest BCUT2D eigenvalue weighted by molar-refractivity contribution is 4.83. The lowest BCUT2D eigenvalue weighted by molar-refractivity contribution is -0.125. The molecule has 0 aromatic rings. The minimum Gasteiger partial charge on any atom is -0.171 e. The van der Waals surface area contributed by atoms with Crippen LogP contribution >= 0.6 is 0 Å². The molecule has 0 heterocycles. The first kappa shape index (κ1) is 14.5. The van der Waals surface area contributed by atoms with Crippen molar-refractivity contribution in [1.29, 1.82) is 0 Å². The maximum atomic E-state index is 11.7. The molecule has 0 aliphatic heterocycles. The summed E-state index contributed by atoms with van der Waals surface area (Å²) in [7, 11) is 0. The van der Waals surface area contributed by atoms with Gasteiger partial charge in [-0.1, -0.05) is 51.2 Å². The Balaban J connectivity index is 3.17. The van der Waals surface area contributed by atoms with Gasteiger partial charge in [-0.15, -0.1) is 0 Å². The van der Waals surface area contributed by atoms with Crippen LogP contribution in [-0.4, -0.2) is 6.18 Å². The second-order valence-electron chi connectivity index (χ2n) is 3.70. The largest absolute Gasteiger partial charge is 0.392 e. The van der Waals surface area contributed by atoms with Crippen LogP contribution in [0.5, 0.6) is 0 Å². The molecule has 1 radical (unpaired) electrons. The molecule has 0 aromatic carbocycles. The van der Waals surface area contributed by atoms with Gasteiger partial charge in [-0.3, -0.25) is 0 Å². The first-order valence-electron chi connectivity index (χ1n) is 5.57. The Hall–Kier alpha value is -0.470. The van der Waals surface area contributed by atoms with Crippen molar-refractivity contribution in [1.82, 2.24) is 0 Å². The van der Waals surface area contributed by atoms with Gasteiger partial charge in [0.05, 0.1) is 6.42 Å². The molecule has 0 fully saturated rings. The van der Waals surface area contributed by atoms with Crippen LogP contribution in [0.3, 0.4) is 0 Å². The van der Waals surface area contributed by atoms with Gasteiger partial charge in [0.25, 0.3) is 0 Å². The van der Waals surface area contributed by atoms with Crippen LogP contribution in [0.4, 0.5) is 13.2 Å². The topological polar surface area (TPSA) is 0 Å². The van der Waals surface area contributed by atoms with Crippen LogP contribution in [0.1, 0.15) is 51.4 Å². The van der Waals surface area contributed by atoms with Crippen LogP contribution in [0, 0.1) is 6.92 Å². The summed E-state index contributed by atoms with van der Waals surface area (Å²) < 4.78 is 35.1. The highest BCUT2D eigenvalue weighted by Crippen LogP contribution is 2.19. The summed E-state index contributed by atoms with van der Waals surface area (Å²) in [4.78, 5) is 0. The average molecular weight is 221 g/mol. The highest BCUT2D eigenvalue weighted by Gasteiger charge is 2.24. The summed E-state index contributed by atoms with van der Waals surface area (Å²) in [5, 5.41) is 0. The van der Waals surface area contributed by atoms with Crippen molar-refractivity contribution >= 4 is 0 Å². The lowest BCUT2D eigenvalue weighted by Crippen LogP contribution is -2.03. The number of hydrogen-bond donors (Lipinski definition) is 0. The van der Waals surface area contributed by atoms with E-state index in [1.54, 1.807) is 6.08 Å². The second kappa shape index (κ2) is 8.81. The van der Waals surface area contributed by atoms with Crippen molar-refractivity contribution in [3.8, 4) is 0 Å². The molecule has 0 bridgehead atoms. The van der Waals surface area contributed by atoms with E-state index in [9.17, 15) is 13.2 Å². The quantitative estimate of drug-likeness (QED) is 0.397. The predicted molar refractivity (Wildman–Crippen MR) is 57.5 cm³/mol. The molecule has 0 aromatic heterocycles. The fraction of sp³-hybridized carbons (Fsp3) is 0.750. The van der Waals surface area contributed by atoms with E-state index in [0.29, 0.717) is 0 Å². The summed E-state index contributed by atoms with van der Waals surface area (Å²) >= 11 is 0. The molecule has 0 unspecified atom stereocenters. The maximum absolute atomic E-state index is 11.7. The van der Waals surface area contributed by atoms with E-state index in [1.807, 2.05) is 0 Å². The van der Waals surface area contributed by atoms with Crippen LogP contribution < -0.4 is 0 Å². The molecule has 0 nitrogen and oxygen atoms in total. The van der Waals surface area contributed by atoms with Gasteiger partial charge >= 0.3 is 6.18 Å². The lowest BCUT2D eigenvalue weighted by Gasteiger charge is -2.00. The van der Waals surface area contributed by atoms with Gasteiger partial charge in [-0.25, -0.2) is 0 Å². The van der Waals surface area contributed by atoms with Gasteiger partial charge in [0, 0.05) is 0 Å². The second-order valence-corrected chi connectivity index (χ2v) is 3.70. The number of allylic oxidation sites excluding steroid dienone is 2. The van der Waals surface area contributed by atoms with Gasteiger partial charge in [0.15, 0.2) is 0 Å². The molecule has 89 valence electrons. The Bertz CT molecular complexity index is 159. The minimum atomic E-state index is -4.05. The Labute approximate surface area is 90.6 Å². The van der Waals surface area contributed by atoms with Crippen molar-refractivity contribution in [2.45, 2.75) is 57.5 Å². The third-order valence-electron chi connectivity index (χ3n) is 2.14. The molecule has 0 N–H and O–H groups in total. The van der Waals surface area contributed by atoms with Gasteiger partial charge in [-0.05, 0) is 12.8 Å². The predicted octanol–water partition coefficient (Wildman–Crippen LogP) is 5.06. The average Bonchev–Trinajstić information content (AvgIpc) is 2.14. The monoisotopic (exact) mass is 221 g/mol. The lowest BCUT2D eigenvalue weighted by atomic mass is 10.1.